The number of urea groups is 1. The Morgan fingerprint density at radius 1 is 1.50 bits per heavy atom. The van der Waals surface area contributed by atoms with Gasteiger partial charge in [0.05, 0.1) is 6.10 Å². The summed E-state index contributed by atoms with van der Waals surface area (Å²) in [6.45, 7) is 9.24. The highest BCUT2D eigenvalue weighted by Crippen LogP contribution is 2.15. The van der Waals surface area contributed by atoms with E-state index in [4.69, 9.17) is 4.74 Å². The van der Waals surface area contributed by atoms with Crippen LogP contribution in [0.25, 0.3) is 0 Å². The largest absolute Gasteiger partial charge is 0.377 e. The number of hydrogen-bond acceptors (Lipinski definition) is 2. The van der Waals surface area contributed by atoms with Crippen molar-refractivity contribution in [2.24, 2.45) is 5.92 Å². The minimum atomic E-state index is 0.0541. The van der Waals surface area contributed by atoms with Crippen molar-refractivity contribution >= 4 is 6.03 Å². The lowest BCUT2D eigenvalue weighted by Crippen LogP contribution is -2.46. The van der Waals surface area contributed by atoms with Crippen LogP contribution in [-0.4, -0.2) is 43.3 Å². The van der Waals surface area contributed by atoms with Crippen molar-refractivity contribution in [3.8, 4) is 0 Å². The van der Waals surface area contributed by atoms with Crippen molar-refractivity contribution in [3.05, 3.63) is 0 Å². The molecular weight excluding hydrogens is 204 g/mol. The molecule has 1 unspecified atom stereocenters. The second-order valence-corrected chi connectivity index (χ2v) is 4.62. The molecule has 0 aromatic rings. The van der Waals surface area contributed by atoms with Gasteiger partial charge in [-0.3, -0.25) is 0 Å². The Morgan fingerprint density at radius 2 is 2.12 bits per heavy atom. The van der Waals surface area contributed by atoms with Gasteiger partial charge in [-0.25, -0.2) is 4.79 Å². The first-order chi connectivity index (χ1) is 7.63. The van der Waals surface area contributed by atoms with Gasteiger partial charge in [-0.1, -0.05) is 6.92 Å². The maximum atomic E-state index is 11.8. The molecule has 0 bridgehead atoms. The van der Waals surface area contributed by atoms with Gasteiger partial charge < -0.3 is 15.0 Å². The third-order valence-corrected chi connectivity index (χ3v) is 3.06. The molecule has 94 valence electrons. The van der Waals surface area contributed by atoms with Gasteiger partial charge in [0.2, 0.25) is 0 Å². The van der Waals surface area contributed by atoms with Crippen LogP contribution in [0.5, 0.6) is 0 Å². The molecule has 1 saturated heterocycles. The van der Waals surface area contributed by atoms with E-state index in [9.17, 15) is 4.79 Å². The molecule has 1 aliphatic rings. The lowest BCUT2D eigenvalue weighted by molar-refractivity contribution is 0.0755. The van der Waals surface area contributed by atoms with Crippen LogP contribution in [0.4, 0.5) is 4.79 Å². The van der Waals surface area contributed by atoms with Crippen molar-refractivity contribution in [2.75, 3.05) is 26.2 Å². The summed E-state index contributed by atoms with van der Waals surface area (Å²) in [4.78, 5) is 13.7. The molecule has 16 heavy (non-hydrogen) atoms. The summed E-state index contributed by atoms with van der Waals surface area (Å²) in [5.41, 5.74) is 0. The molecule has 0 saturated carbocycles. The minimum absolute atomic E-state index is 0.0541. The van der Waals surface area contributed by atoms with Crippen molar-refractivity contribution < 1.29 is 9.53 Å². The summed E-state index contributed by atoms with van der Waals surface area (Å²) in [6.07, 6.45) is 2.33. The molecule has 0 aromatic carbocycles. The van der Waals surface area contributed by atoms with E-state index < -0.39 is 0 Å². The third kappa shape index (κ3) is 4.39. The molecule has 0 aliphatic carbocycles. The van der Waals surface area contributed by atoms with E-state index >= 15 is 0 Å². The fourth-order valence-electron chi connectivity index (χ4n) is 1.90. The van der Waals surface area contributed by atoms with Crippen molar-refractivity contribution in [1.29, 1.82) is 0 Å². The second kappa shape index (κ2) is 6.74. The summed E-state index contributed by atoms with van der Waals surface area (Å²) in [5.74, 6) is 0.756. The molecular formula is C12H24N2O2. The van der Waals surface area contributed by atoms with Crippen LogP contribution in [0.3, 0.4) is 0 Å². The van der Waals surface area contributed by atoms with Crippen LogP contribution in [0.15, 0.2) is 0 Å². The average molecular weight is 228 g/mol. The number of hydrogen-bond donors (Lipinski definition) is 1. The summed E-state index contributed by atoms with van der Waals surface area (Å²) in [5, 5.41) is 2.91. The summed E-state index contributed by atoms with van der Waals surface area (Å²) >= 11 is 0. The van der Waals surface area contributed by atoms with Crippen LogP contribution < -0.4 is 5.32 Å². The first kappa shape index (κ1) is 13.3. The van der Waals surface area contributed by atoms with Gasteiger partial charge in [0.15, 0.2) is 0 Å². The highest BCUT2D eigenvalue weighted by molar-refractivity contribution is 5.74. The number of nitrogens with one attached hydrogen (secondary N) is 1. The summed E-state index contributed by atoms with van der Waals surface area (Å²) in [7, 11) is 0. The number of rotatable bonds is 4. The monoisotopic (exact) mass is 228 g/mol. The van der Waals surface area contributed by atoms with E-state index in [-0.39, 0.29) is 12.1 Å². The van der Waals surface area contributed by atoms with Crippen LogP contribution in [0, 0.1) is 5.92 Å². The number of ether oxygens (including phenoxy) is 1. The highest BCUT2D eigenvalue weighted by Gasteiger charge is 2.20. The van der Waals surface area contributed by atoms with Gasteiger partial charge in [-0.05, 0) is 32.6 Å². The Labute approximate surface area is 98.3 Å². The minimum Gasteiger partial charge on any atom is -0.377 e. The lowest BCUT2D eigenvalue weighted by atomic mass is 10.00. The molecule has 1 fully saturated rings. The Kier molecular flexibility index (Phi) is 5.60. The van der Waals surface area contributed by atoms with E-state index in [1.54, 1.807) is 0 Å². The molecule has 1 aliphatic heterocycles. The Balaban J connectivity index is 2.19. The second-order valence-electron chi connectivity index (χ2n) is 4.62. The van der Waals surface area contributed by atoms with Crippen LogP contribution in [0.2, 0.25) is 0 Å². The first-order valence-electron chi connectivity index (χ1n) is 6.27. The fourth-order valence-corrected chi connectivity index (χ4v) is 1.90. The number of nitrogens with zero attached hydrogens (tertiary/aromatic N) is 1. The molecule has 4 nitrogen and oxygen atoms in total. The molecule has 1 N–H and O–H groups in total. The Morgan fingerprint density at radius 3 is 2.69 bits per heavy atom. The highest BCUT2D eigenvalue weighted by atomic mass is 16.5. The topological polar surface area (TPSA) is 41.6 Å². The number of piperidine rings is 1. The molecule has 1 rings (SSSR count). The van der Waals surface area contributed by atoms with Crippen LogP contribution >= 0.6 is 0 Å². The van der Waals surface area contributed by atoms with Gasteiger partial charge in [0, 0.05) is 26.2 Å². The van der Waals surface area contributed by atoms with E-state index in [1.807, 2.05) is 18.7 Å². The van der Waals surface area contributed by atoms with Gasteiger partial charge >= 0.3 is 6.03 Å². The van der Waals surface area contributed by atoms with E-state index in [0.29, 0.717) is 13.2 Å². The van der Waals surface area contributed by atoms with Gasteiger partial charge in [0.25, 0.3) is 0 Å². The van der Waals surface area contributed by atoms with Gasteiger partial charge in [0.1, 0.15) is 0 Å². The normalized spacial score (nSPS) is 19.6. The average Bonchev–Trinajstić information content (AvgIpc) is 2.27. The van der Waals surface area contributed by atoms with Gasteiger partial charge in [-0.2, -0.15) is 0 Å². The number of carbonyl (C=O) groups is 1. The molecule has 0 spiro atoms. The predicted octanol–water partition coefficient (Wildman–Crippen LogP) is 1.85. The third-order valence-electron chi connectivity index (χ3n) is 3.06. The molecule has 0 aromatic heterocycles. The summed E-state index contributed by atoms with van der Waals surface area (Å²) in [6, 6.07) is 0.0541. The van der Waals surface area contributed by atoms with E-state index in [0.717, 1.165) is 31.8 Å². The molecule has 1 atom stereocenters. The fraction of sp³-hybridized carbons (Fsp3) is 0.917. The van der Waals surface area contributed by atoms with Crippen molar-refractivity contribution in [2.45, 2.75) is 39.7 Å². The molecule has 1 heterocycles. The predicted molar refractivity (Wildman–Crippen MR) is 64.5 cm³/mol. The maximum absolute atomic E-state index is 11.8. The summed E-state index contributed by atoms with van der Waals surface area (Å²) < 4.78 is 5.36. The standard InChI is InChI=1S/C12H24N2O2/c1-4-16-11(3)9-13-12(15)14-7-5-10(2)6-8-14/h10-11H,4-9H2,1-3H3,(H,13,15). The quantitative estimate of drug-likeness (QED) is 0.798. The zero-order chi connectivity index (χ0) is 12.0. The maximum Gasteiger partial charge on any atom is 0.317 e. The lowest BCUT2D eigenvalue weighted by Gasteiger charge is -2.30. The molecule has 4 heteroatoms. The van der Waals surface area contributed by atoms with Crippen molar-refractivity contribution in [1.82, 2.24) is 10.2 Å². The van der Waals surface area contributed by atoms with Crippen LogP contribution in [0.1, 0.15) is 33.6 Å². The zero-order valence-corrected chi connectivity index (χ0v) is 10.7. The molecule has 0 radical (unpaired) electrons. The van der Waals surface area contributed by atoms with Gasteiger partial charge in [-0.15, -0.1) is 0 Å². The zero-order valence-electron chi connectivity index (χ0n) is 10.7. The SMILES string of the molecule is CCOC(C)CNC(=O)N1CCC(C)CC1. The number of likely N-dealkylation sites (tertiary alicyclic amines) is 1. The van der Waals surface area contributed by atoms with E-state index in [2.05, 4.69) is 12.2 Å². The Bertz CT molecular complexity index is 213. The first-order valence-corrected chi connectivity index (χ1v) is 6.27. The van der Waals surface area contributed by atoms with E-state index in [1.165, 1.54) is 0 Å². The van der Waals surface area contributed by atoms with Crippen molar-refractivity contribution in [3.63, 3.8) is 0 Å². The smallest absolute Gasteiger partial charge is 0.317 e. The Hall–Kier alpha value is -0.770. The number of carbonyl (C=O) groups excluding carboxylic acids is 1. The molecule has 2 amide bonds. The number of amides is 2. The van der Waals surface area contributed by atoms with Crippen LogP contribution in [-0.2, 0) is 4.74 Å².